The summed E-state index contributed by atoms with van der Waals surface area (Å²) in [6, 6.07) is 4.89. The molecule has 0 N–H and O–H groups in total. The van der Waals surface area contributed by atoms with E-state index in [1.54, 1.807) is 7.11 Å². The monoisotopic (exact) mass is 465 g/mol. The Morgan fingerprint density at radius 3 is 2.74 bits per heavy atom. The number of benzene rings is 1. The number of ketones is 1. The molecular formula is C29H39NO4. The first-order valence-electron chi connectivity index (χ1n) is 13.6. The molecule has 1 aromatic carbocycles. The molecule has 8 rings (SSSR count). The Morgan fingerprint density at radius 1 is 1.21 bits per heavy atom. The van der Waals surface area contributed by atoms with Crippen LogP contribution < -0.4 is 9.47 Å². The Hall–Kier alpha value is -1.59. The van der Waals surface area contributed by atoms with Crippen molar-refractivity contribution in [1.29, 1.82) is 0 Å². The van der Waals surface area contributed by atoms with Gasteiger partial charge in [0.05, 0.1) is 13.0 Å². The standard InChI is InChI=1S/C29H39NO4/c1-17(2)13-21(31)20-15-27-9-10-29(20,33-4)26-28(27)11-12-30(16-18-5-6-18)23(27)14-19-7-8-22(32-3)25(34-26)24(19)28/h7-8,17-18,20,23,26H,5-6,9-16H2,1-4H3/t20-,23-,26-,27-,28+,29-/m1/s1. The predicted molar refractivity (Wildman–Crippen MR) is 129 cm³/mol. The maximum absolute atomic E-state index is 13.8. The molecule has 5 fully saturated rings. The predicted octanol–water partition coefficient (Wildman–Crippen LogP) is 4.53. The molecule has 4 saturated carbocycles. The van der Waals surface area contributed by atoms with Crippen LogP contribution in [0.1, 0.15) is 69.9 Å². The van der Waals surface area contributed by atoms with Crippen molar-refractivity contribution < 1.29 is 19.0 Å². The van der Waals surface area contributed by atoms with Crippen molar-refractivity contribution in [2.75, 3.05) is 27.3 Å². The van der Waals surface area contributed by atoms with Crippen molar-refractivity contribution in [1.82, 2.24) is 4.90 Å². The van der Waals surface area contributed by atoms with Gasteiger partial charge in [0.2, 0.25) is 0 Å². The zero-order chi connectivity index (χ0) is 23.5. The molecule has 34 heavy (non-hydrogen) atoms. The number of methoxy groups -OCH3 is 2. The molecule has 5 nitrogen and oxygen atoms in total. The van der Waals surface area contributed by atoms with E-state index in [0.29, 0.717) is 24.2 Å². The first-order valence-corrected chi connectivity index (χ1v) is 13.6. The van der Waals surface area contributed by atoms with Crippen LogP contribution in [0.4, 0.5) is 0 Å². The summed E-state index contributed by atoms with van der Waals surface area (Å²) in [6.07, 6.45) is 8.46. The third kappa shape index (κ3) is 2.41. The number of hydrogen-bond donors (Lipinski definition) is 0. The van der Waals surface area contributed by atoms with E-state index >= 15 is 0 Å². The lowest BCUT2D eigenvalue weighted by molar-refractivity contribution is -0.272. The van der Waals surface area contributed by atoms with Gasteiger partial charge >= 0.3 is 0 Å². The van der Waals surface area contributed by atoms with Crippen molar-refractivity contribution in [3.8, 4) is 11.5 Å². The smallest absolute Gasteiger partial charge is 0.165 e. The Kier molecular flexibility index (Phi) is 4.46. The first-order chi connectivity index (χ1) is 16.4. The van der Waals surface area contributed by atoms with Crippen LogP contribution in [0.5, 0.6) is 11.5 Å². The van der Waals surface area contributed by atoms with Crippen LogP contribution in [0.25, 0.3) is 0 Å². The topological polar surface area (TPSA) is 48.0 Å². The van der Waals surface area contributed by atoms with Crippen LogP contribution in [0, 0.1) is 23.2 Å². The molecule has 1 saturated heterocycles. The molecule has 5 aliphatic carbocycles. The lowest BCUT2D eigenvalue weighted by Crippen LogP contribution is -2.81. The fourth-order valence-corrected chi connectivity index (χ4v) is 9.46. The number of fused-ring (bicyclic) bond motifs is 2. The number of carbonyl (C=O) groups is 1. The number of piperidine rings is 1. The normalized spacial score (nSPS) is 41.4. The number of Topliss-reactive ketones (excluding diaryl/α,β-unsaturated/α-hetero) is 1. The van der Waals surface area contributed by atoms with Crippen LogP contribution >= 0.6 is 0 Å². The molecule has 7 aliphatic rings. The van der Waals surface area contributed by atoms with Gasteiger partial charge in [-0.1, -0.05) is 19.9 Å². The molecule has 1 aromatic rings. The summed E-state index contributed by atoms with van der Waals surface area (Å²) >= 11 is 0. The average molecular weight is 466 g/mol. The van der Waals surface area contributed by atoms with E-state index in [2.05, 4.69) is 30.9 Å². The van der Waals surface area contributed by atoms with E-state index in [9.17, 15) is 4.79 Å². The lowest BCUT2D eigenvalue weighted by atomic mass is 9.34. The highest BCUT2D eigenvalue weighted by Crippen LogP contribution is 2.76. The van der Waals surface area contributed by atoms with E-state index in [-0.39, 0.29) is 22.9 Å². The summed E-state index contributed by atoms with van der Waals surface area (Å²) in [5, 5.41) is 0. The first kappa shape index (κ1) is 21.7. The zero-order valence-electron chi connectivity index (χ0n) is 21.2. The Bertz CT molecular complexity index is 1050. The lowest BCUT2D eigenvalue weighted by Gasteiger charge is -2.73. The fraction of sp³-hybridized carbons (Fsp3) is 0.759. The van der Waals surface area contributed by atoms with Gasteiger partial charge in [-0.05, 0) is 75.0 Å². The summed E-state index contributed by atoms with van der Waals surface area (Å²) in [6.45, 7) is 6.67. The molecule has 0 radical (unpaired) electrons. The van der Waals surface area contributed by atoms with Crippen molar-refractivity contribution in [2.24, 2.45) is 23.2 Å². The van der Waals surface area contributed by atoms with E-state index in [1.165, 1.54) is 30.5 Å². The van der Waals surface area contributed by atoms with E-state index in [1.807, 2.05) is 7.11 Å². The highest BCUT2D eigenvalue weighted by molar-refractivity contribution is 5.84. The van der Waals surface area contributed by atoms with E-state index < -0.39 is 5.60 Å². The number of ether oxygens (including phenoxy) is 3. The SMILES string of the molecule is COc1ccc2c3c1O[C@H]1[C@@]4(OC)CC[C@@]5(C[C@@H]4C(=O)CC(C)C)[C@@H](C2)N(CC2CC2)CC[C@]315. The largest absolute Gasteiger partial charge is 0.493 e. The Morgan fingerprint density at radius 2 is 2.03 bits per heavy atom. The summed E-state index contributed by atoms with van der Waals surface area (Å²) < 4.78 is 19.3. The minimum atomic E-state index is -0.546. The van der Waals surface area contributed by atoms with Crippen molar-refractivity contribution in [3.63, 3.8) is 0 Å². The number of likely N-dealkylation sites (tertiary alicyclic amines) is 1. The number of rotatable bonds is 7. The molecule has 4 bridgehead atoms. The average Bonchev–Trinajstić information content (AvgIpc) is 3.57. The van der Waals surface area contributed by atoms with E-state index in [4.69, 9.17) is 14.2 Å². The molecule has 184 valence electrons. The second-order valence-corrected chi connectivity index (χ2v) is 12.6. The summed E-state index contributed by atoms with van der Waals surface area (Å²) in [4.78, 5) is 16.7. The maximum atomic E-state index is 13.8. The van der Waals surface area contributed by atoms with Gasteiger partial charge in [-0.3, -0.25) is 9.69 Å². The quantitative estimate of drug-likeness (QED) is 0.592. The minimum absolute atomic E-state index is 0.0714. The second kappa shape index (κ2) is 7.00. The molecule has 2 heterocycles. The van der Waals surface area contributed by atoms with Crippen molar-refractivity contribution >= 4 is 5.78 Å². The van der Waals surface area contributed by atoms with Crippen molar-refractivity contribution in [2.45, 2.75) is 88.4 Å². The molecule has 5 heteroatoms. The molecule has 2 aliphatic heterocycles. The molecule has 0 unspecified atom stereocenters. The third-order valence-corrected chi connectivity index (χ3v) is 10.9. The highest BCUT2D eigenvalue weighted by atomic mass is 16.6. The van der Waals surface area contributed by atoms with Gasteiger partial charge in [-0.15, -0.1) is 0 Å². The highest BCUT2D eigenvalue weighted by Gasteiger charge is 2.81. The van der Waals surface area contributed by atoms with Crippen LogP contribution in [0.3, 0.4) is 0 Å². The maximum Gasteiger partial charge on any atom is 0.165 e. The van der Waals surface area contributed by atoms with Crippen LogP contribution in [0.15, 0.2) is 12.1 Å². The van der Waals surface area contributed by atoms with Gasteiger partial charge in [0.15, 0.2) is 11.5 Å². The van der Waals surface area contributed by atoms with Gasteiger partial charge in [-0.25, -0.2) is 0 Å². The summed E-state index contributed by atoms with van der Waals surface area (Å²) in [5.74, 6) is 3.32. The van der Waals surface area contributed by atoms with Gasteiger partial charge in [0.1, 0.15) is 17.5 Å². The molecule has 6 atom stereocenters. The number of carbonyl (C=O) groups excluding carboxylic acids is 1. The van der Waals surface area contributed by atoms with Gasteiger partial charge in [0, 0.05) is 42.5 Å². The molecular weight excluding hydrogens is 426 g/mol. The van der Waals surface area contributed by atoms with Crippen LogP contribution in [-0.2, 0) is 21.4 Å². The van der Waals surface area contributed by atoms with Gasteiger partial charge in [0.25, 0.3) is 0 Å². The van der Waals surface area contributed by atoms with Gasteiger partial charge < -0.3 is 14.2 Å². The van der Waals surface area contributed by atoms with E-state index in [0.717, 1.165) is 56.1 Å². The molecule has 0 amide bonds. The molecule has 2 spiro atoms. The molecule has 0 aromatic heterocycles. The third-order valence-electron chi connectivity index (χ3n) is 10.9. The number of hydrogen-bond acceptors (Lipinski definition) is 5. The Balaban J connectivity index is 1.44. The van der Waals surface area contributed by atoms with Crippen LogP contribution in [-0.4, -0.2) is 55.7 Å². The fourth-order valence-electron chi connectivity index (χ4n) is 9.46. The summed E-state index contributed by atoms with van der Waals surface area (Å²) in [7, 11) is 3.58. The summed E-state index contributed by atoms with van der Waals surface area (Å²) in [5.41, 5.74) is 2.31. The zero-order valence-corrected chi connectivity index (χ0v) is 21.2. The van der Waals surface area contributed by atoms with Crippen LogP contribution in [0.2, 0.25) is 0 Å². The Labute approximate surface area is 203 Å². The van der Waals surface area contributed by atoms with Crippen molar-refractivity contribution in [3.05, 3.63) is 23.3 Å². The minimum Gasteiger partial charge on any atom is -0.493 e. The number of nitrogens with zero attached hydrogens (tertiary/aromatic N) is 1. The van der Waals surface area contributed by atoms with Gasteiger partial charge in [-0.2, -0.15) is 0 Å². The second-order valence-electron chi connectivity index (χ2n) is 12.6.